The SMILES string of the molecule is Nc1ccc(S(=O)(=O)[O-])c2nonc12. The van der Waals surface area contributed by atoms with Crippen molar-refractivity contribution < 1.29 is 17.6 Å². The van der Waals surface area contributed by atoms with Crippen molar-refractivity contribution in [2.24, 2.45) is 0 Å². The highest BCUT2D eigenvalue weighted by Gasteiger charge is 2.13. The van der Waals surface area contributed by atoms with E-state index in [9.17, 15) is 13.0 Å². The topological polar surface area (TPSA) is 122 Å². The third-order valence-electron chi connectivity index (χ3n) is 1.68. The van der Waals surface area contributed by atoms with Gasteiger partial charge in [0.1, 0.15) is 10.1 Å². The van der Waals surface area contributed by atoms with Gasteiger partial charge in [-0.25, -0.2) is 13.0 Å². The van der Waals surface area contributed by atoms with Crippen LogP contribution in [0.25, 0.3) is 11.0 Å². The fourth-order valence-corrected chi connectivity index (χ4v) is 1.67. The summed E-state index contributed by atoms with van der Waals surface area (Å²) in [6.07, 6.45) is 0. The van der Waals surface area contributed by atoms with Crippen molar-refractivity contribution in [1.29, 1.82) is 0 Å². The van der Waals surface area contributed by atoms with Gasteiger partial charge in [-0.2, -0.15) is 0 Å². The molecule has 1 heterocycles. The van der Waals surface area contributed by atoms with Gasteiger partial charge in [0.05, 0.1) is 10.6 Å². The highest BCUT2D eigenvalue weighted by atomic mass is 32.2. The van der Waals surface area contributed by atoms with Crippen LogP contribution in [0.2, 0.25) is 0 Å². The maximum Gasteiger partial charge on any atom is 0.159 e. The van der Waals surface area contributed by atoms with E-state index >= 15 is 0 Å². The Bertz CT molecular complexity index is 588. The number of rotatable bonds is 1. The summed E-state index contributed by atoms with van der Waals surface area (Å²) in [4.78, 5) is -0.483. The quantitative estimate of drug-likeness (QED) is 0.511. The summed E-state index contributed by atoms with van der Waals surface area (Å²) in [6, 6.07) is 2.33. The van der Waals surface area contributed by atoms with E-state index in [2.05, 4.69) is 14.9 Å². The average Bonchev–Trinajstić information content (AvgIpc) is 2.50. The van der Waals surface area contributed by atoms with Gasteiger partial charge < -0.3 is 10.3 Å². The first-order valence-corrected chi connectivity index (χ1v) is 4.87. The molecule has 1 aromatic carbocycles. The van der Waals surface area contributed by atoms with Crippen LogP contribution in [-0.4, -0.2) is 23.3 Å². The van der Waals surface area contributed by atoms with Gasteiger partial charge in [-0.15, -0.1) is 0 Å². The Labute approximate surface area is 78.2 Å². The minimum Gasteiger partial charge on any atom is -0.744 e. The van der Waals surface area contributed by atoms with Crippen LogP contribution < -0.4 is 5.73 Å². The first kappa shape index (κ1) is 8.91. The molecule has 74 valence electrons. The molecule has 0 aliphatic rings. The Morgan fingerprint density at radius 1 is 1.29 bits per heavy atom. The van der Waals surface area contributed by atoms with Gasteiger partial charge in [-0.1, -0.05) is 0 Å². The Hall–Kier alpha value is -1.67. The Morgan fingerprint density at radius 3 is 2.57 bits per heavy atom. The predicted molar refractivity (Wildman–Crippen MR) is 44.2 cm³/mol. The van der Waals surface area contributed by atoms with Crippen molar-refractivity contribution in [1.82, 2.24) is 10.3 Å². The van der Waals surface area contributed by atoms with Gasteiger partial charge >= 0.3 is 0 Å². The zero-order valence-electron chi connectivity index (χ0n) is 6.67. The fourth-order valence-electron chi connectivity index (χ4n) is 1.06. The average molecular weight is 214 g/mol. The number of nitrogens with zero attached hydrogens (tertiary/aromatic N) is 2. The molecular formula is C6H4N3O4S-. The summed E-state index contributed by atoms with van der Waals surface area (Å²) in [5.41, 5.74) is 5.59. The Kier molecular flexibility index (Phi) is 1.69. The molecule has 0 bridgehead atoms. The lowest BCUT2D eigenvalue weighted by Crippen LogP contribution is -2.00. The molecule has 0 aliphatic carbocycles. The van der Waals surface area contributed by atoms with Crippen molar-refractivity contribution in [2.75, 3.05) is 5.73 Å². The lowest BCUT2D eigenvalue weighted by Gasteiger charge is -2.06. The molecule has 0 saturated carbocycles. The van der Waals surface area contributed by atoms with Crippen LogP contribution in [0, 0.1) is 0 Å². The van der Waals surface area contributed by atoms with Gasteiger partial charge in [0.15, 0.2) is 11.0 Å². The second-order valence-corrected chi connectivity index (χ2v) is 3.92. The van der Waals surface area contributed by atoms with E-state index in [1.165, 1.54) is 6.07 Å². The highest BCUT2D eigenvalue weighted by molar-refractivity contribution is 7.86. The molecule has 14 heavy (non-hydrogen) atoms. The molecule has 0 saturated heterocycles. The first-order chi connectivity index (χ1) is 6.50. The summed E-state index contributed by atoms with van der Waals surface area (Å²) in [7, 11) is -4.58. The lowest BCUT2D eigenvalue weighted by atomic mass is 10.3. The Balaban J connectivity index is 2.93. The third kappa shape index (κ3) is 1.20. The van der Waals surface area contributed by atoms with Crippen molar-refractivity contribution in [2.45, 2.75) is 4.90 Å². The molecule has 2 aromatic rings. The largest absolute Gasteiger partial charge is 0.744 e. The Morgan fingerprint density at radius 2 is 1.93 bits per heavy atom. The van der Waals surface area contributed by atoms with Crippen molar-refractivity contribution in [3.8, 4) is 0 Å². The van der Waals surface area contributed by atoms with Crippen LogP contribution in [0.5, 0.6) is 0 Å². The summed E-state index contributed by atoms with van der Waals surface area (Å²) < 4.78 is 36.5. The van der Waals surface area contributed by atoms with E-state index < -0.39 is 15.0 Å². The van der Waals surface area contributed by atoms with Crippen molar-refractivity contribution >= 4 is 26.8 Å². The highest BCUT2D eigenvalue weighted by Crippen LogP contribution is 2.24. The minimum atomic E-state index is -4.58. The lowest BCUT2D eigenvalue weighted by molar-refractivity contribution is 0.315. The monoisotopic (exact) mass is 214 g/mol. The maximum absolute atomic E-state index is 10.8. The molecule has 0 spiro atoms. The first-order valence-electron chi connectivity index (χ1n) is 3.47. The predicted octanol–water partition coefficient (Wildman–Crippen LogP) is -0.291. The zero-order chi connectivity index (χ0) is 10.3. The number of hydrogen-bond acceptors (Lipinski definition) is 7. The summed E-state index contributed by atoms with van der Waals surface area (Å²) in [5, 5.41) is 6.68. The number of nitrogen functional groups attached to an aromatic ring is 1. The van der Waals surface area contributed by atoms with E-state index in [1.54, 1.807) is 0 Å². The summed E-state index contributed by atoms with van der Waals surface area (Å²) in [5.74, 6) is 0. The van der Waals surface area contributed by atoms with E-state index in [0.717, 1.165) is 6.07 Å². The molecule has 0 fully saturated rings. The molecule has 0 radical (unpaired) electrons. The van der Waals surface area contributed by atoms with E-state index in [0.29, 0.717) is 0 Å². The summed E-state index contributed by atoms with van der Waals surface area (Å²) >= 11 is 0. The second kappa shape index (κ2) is 2.66. The molecule has 0 aliphatic heterocycles. The normalized spacial score (nSPS) is 12.1. The molecule has 1 aromatic heterocycles. The van der Waals surface area contributed by atoms with Gasteiger partial charge in [-0.3, -0.25) is 0 Å². The summed E-state index contributed by atoms with van der Waals surface area (Å²) in [6.45, 7) is 0. The van der Waals surface area contributed by atoms with Gasteiger partial charge in [0.2, 0.25) is 0 Å². The second-order valence-electron chi connectivity index (χ2n) is 2.57. The van der Waals surface area contributed by atoms with Gasteiger partial charge in [-0.05, 0) is 22.4 Å². The fraction of sp³-hybridized carbons (Fsp3) is 0. The van der Waals surface area contributed by atoms with Crippen LogP contribution in [0.4, 0.5) is 5.69 Å². The number of hydrogen-bond donors (Lipinski definition) is 1. The number of aromatic nitrogens is 2. The molecule has 7 nitrogen and oxygen atoms in total. The maximum atomic E-state index is 10.8. The van der Waals surface area contributed by atoms with Crippen LogP contribution in [-0.2, 0) is 10.1 Å². The standard InChI is InChI=1S/C6H5N3O4S/c7-3-1-2-4(14(10,11)12)6-5(3)8-13-9-6/h1-2H,7H2,(H,10,11,12)/p-1. The number of nitrogens with two attached hydrogens (primary N) is 1. The van der Waals surface area contributed by atoms with Crippen molar-refractivity contribution in [3.05, 3.63) is 12.1 Å². The molecule has 0 unspecified atom stereocenters. The number of benzene rings is 1. The van der Waals surface area contributed by atoms with Crippen LogP contribution >= 0.6 is 0 Å². The van der Waals surface area contributed by atoms with E-state index in [4.69, 9.17) is 5.73 Å². The number of anilines is 1. The van der Waals surface area contributed by atoms with Crippen LogP contribution in [0.15, 0.2) is 21.7 Å². The zero-order valence-corrected chi connectivity index (χ0v) is 7.48. The van der Waals surface area contributed by atoms with Gasteiger partial charge in [0.25, 0.3) is 0 Å². The molecule has 2 N–H and O–H groups in total. The van der Waals surface area contributed by atoms with E-state index in [1.807, 2.05) is 0 Å². The minimum absolute atomic E-state index is 0.0712. The molecular weight excluding hydrogens is 210 g/mol. The van der Waals surface area contributed by atoms with Gasteiger partial charge in [0, 0.05) is 0 Å². The number of fused-ring (bicyclic) bond motifs is 1. The van der Waals surface area contributed by atoms with E-state index in [-0.39, 0.29) is 16.7 Å². The van der Waals surface area contributed by atoms with Crippen molar-refractivity contribution in [3.63, 3.8) is 0 Å². The molecule has 0 amide bonds. The molecule has 0 atom stereocenters. The van der Waals surface area contributed by atoms with Crippen LogP contribution in [0.1, 0.15) is 0 Å². The van der Waals surface area contributed by atoms with Crippen LogP contribution in [0.3, 0.4) is 0 Å². The smallest absolute Gasteiger partial charge is 0.159 e. The third-order valence-corrected chi connectivity index (χ3v) is 2.55. The molecule has 8 heteroatoms. The molecule has 2 rings (SSSR count).